The Hall–Kier alpha value is -2.11. The molecule has 0 aliphatic heterocycles. The summed E-state index contributed by atoms with van der Waals surface area (Å²) in [5, 5.41) is 0. The van der Waals surface area contributed by atoms with E-state index in [0.717, 1.165) is 12.1 Å². The average Bonchev–Trinajstić information content (AvgIpc) is 2.37. The van der Waals surface area contributed by atoms with E-state index in [1.807, 2.05) is 0 Å². The third-order valence-corrected chi connectivity index (χ3v) is 2.46. The van der Waals surface area contributed by atoms with E-state index in [0.29, 0.717) is 6.54 Å². The van der Waals surface area contributed by atoms with Gasteiger partial charge in [0.25, 0.3) is 5.91 Å². The fraction of sp³-hybridized carbons (Fsp3) is 0.333. The van der Waals surface area contributed by atoms with Crippen molar-refractivity contribution in [3.05, 3.63) is 29.6 Å². The normalized spacial score (nSPS) is 9.94. The summed E-state index contributed by atoms with van der Waals surface area (Å²) in [4.78, 5) is 24.4. The molecule has 0 fully saturated rings. The number of hydrogen-bond donors (Lipinski definition) is 1. The van der Waals surface area contributed by atoms with E-state index in [1.54, 1.807) is 14.0 Å². The van der Waals surface area contributed by atoms with Gasteiger partial charge < -0.3 is 15.4 Å². The number of carbonyl (C=O) groups is 2. The molecular weight excluding hydrogens is 239 g/mol. The van der Waals surface area contributed by atoms with Crippen molar-refractivity contribution >= 4 is 17.6 Å². The number of nitrogens with two attached hydrogens (primary N) is 1. The smallest absolute Gasteiger partial charge is 0.340 e. The number of hydrogen-bond acceptors (Lipinski definition) is 4. The van der Waals surface area contributed by atoms with E-state index in [9.17, 15) is 14.0 Å². The molecule has 2 N–H and O–H groups in total. The second-order valence-electron chi connectivity index (χ2n) is 3.72. The van der Waals surface area contributed by atoms with E-state index in [4.69, 9.17) is 10.5 Å². The molecule has 0 unspecified atom stereocenters. The molecule has 0 aromatic heterocycles. The van der Waals surface area contributed by atoms with Crippen molar-refractivity contribution in [2.75, 3.05) is 25.9 Å². The number of benzene rings is 1. The molecule has 1 amide bonds. The first-order chi connectivity index (χ1) is 8.45. The van der Waals surface area contributed by atoms with Crippen LogP contribution in [0.3, 0.4) is 0 Å². The molecule has 0 spiro atoms. The lowest BCUT2D eigenvalue weighted by atomic mass is 10.2. The molecule has 0 saturated carbocycles. The number of rotatable bonds is 4. The fourth-order valence-electron chi connectivity index (χ4n) is 1.20. The van der Waals surface area contributed by atoms with Gasteiger partial charge in [0.15, 0.2) is 6.61 Å². The van der Waals surface area contributed by atoms with Crippen LogP contribution in [0, 0.1) is 5.82 Å². The first-order valence-corrected chi connectivity index (χ1v) is 5.41. The van der Waals surface area contributed by atoms with Crippen LogP contribution in [0.1, 0.15) is 17.3 Å². The summed E-state index contributed by atoms with van der Waals surface area (Å²) < 4.78 is 17.7. The summed E-state index contributed by atoms with van der Waals surface area (Å²) in [6.07, 6.45) is 0. The Morgan fingerprint density at radius 2 is 2.11 bits per heavy atom. The van der Waals surface area contributed by atoms with Crippen molar-refractivity contribution in [3.8, 4) is 0 Å². The number of halogens is 1. The van der Waals surface area contributed by atoms with Gasteiger partial charge in [-0.05, 0) is 25.1 Å². The van der Waals surface area contributed by atoms with Gasteiger partial charge in [0, 0.05) is 19.3 Å². The van der Waals surface area contributed by atoms with Gasteiger partial charge in [-0.3, -0.25) is 4.79 Å². The Labute approximate surface area is 104 Å². The van der Waals surface area contributed by atoms with E-state index >= 15 is 0 Å². The van der Waals surface area contributed by atoms with Gasteiger partial charge in [0.05, 0.1) is 5.56 Å². The minimum atomic E-state index is -0.815. The lowest BCUT2D eigenvalue weighted by Crippen LogP contribution is -2.31. The van der Waals surface area contributed by atoms with Gasteiger partial charge in [-0.1, -0.05) is 0 Å². The van der Waals surface area contributed by atoms with Crippen LogP contribution in [0.5, 0.6) is 0 Å². The molecule has 5 nitrogen and oxygen atoms in total. The molecule has 0 aliphatic rings. The highest BCUT2D eigenvalue weighted by Gasteiger charge is 2.15. The Balaban J connectivity index is 2.66. The van der Waals surface area contributed by atoms with Gasteiger partial charge in [-0.2, -0.15) is 0 Å². The highest BCUT2D eigenvalue weighted by Crippen LogP contribution is 2.14. The monoisotopic (exact) mass is 254 g/mol. The number of esters is 1. The van der Waals surface area contributed by atoms with Crippen LogP contribution in [0.2, 0.25) is 0 Å². The van der Waals surface area contributed by atoms with Crippen LogP contribution in [0.4, 0.5) is 10.1 Å². The standard InChI is InChI=1S/C12H15FN2O3/c1-3-15(2)11(16)7-18-12(17)9-6-8(13)4-5-10(9)14/h4-6H,3,7,14H2,1-2H3. The van der Waals surface area contributed by atoms with Crippen molar-refractivity contribution in [2.24, 2.45) is 0 Å². The molecule has 0 atom stereocenters. The summed E-state index contributed by atoms with van der Waals surface area (Å²) in [5.74, 6) is -1.74. The molecule has 6 heteroatoms. The van der Waals surface area contributed by atoms with Crippen LogP contribution >= 0.6 is 0 Å². The van der Waals surface area contributed by atoms with Crippen molar-refractivity contribution in [3.63, 3.8) is 0 Å². The number of carbonyl (C=O) groups excluding carboxylic acids is 2. The Morgan fingerprint density at radius 3 is 2.72 bits per heavy atom. The third kappa shape index (κ3) is 3.44. The predicted octanol–water partition coefficient (Wildman–Crippen LogP) is 1.04. The number of nitrogen functional groups attached to an aromatic ring is 1. The molecule has 1 aromatic carbocycles. The molecule has 98 valence electrons. The maximum absolute atomic E-state index is 13.0. The Kier molecular flexibility index (Phi) is 4.65. The molecule has 1 aromatic rings. The van der Waals surface area contributed by atoms with E-state index < -0.39 is 11.8 Å². The zero-order chi connectivity index (χ0) is 13.7. The minimum Gasteiger partial charge on any atom is -0.452 e. The topological polar surface area (TPSA) is 72.6 Å². The molecular formula is C12H15FN2O3. The van der Waals surface area contributed by atoms with Crippen LogP contribution in [0.15, 0.2) is 18.2 Å². The molecule has 0 heterocycles. The Bertz CT molecular complexity index is 463. The molecule has 0 saturated heterocycles. The summed E-state index contributed by atoms with van der Waals surface area (Å²) in [5.41, 5.74) is 5.55. The number of amides is 1. The van der Waals surface area contributed by atoms with Crippen molar-refractivity contribution in [2.45, 2.75) is 6.92 Å². The first-order valence-electron chi connectivity index (χ1n) is 5.41. The van der Waals surface area contributed by atoms with Gasteiger partial charge >= 0.3 is 5.97 Å². The SMILES string of the molecule is CCN(C)C(=O)COC(=O)c1cc(F)ccc1N. The number of ether oxygens (including phenoxy) is 1. The van der Waals surface area contributed by atoms with Crippen LogP contribution in [-0.2, 0) is 9.53 Å². The first kappa shape index (κ1) is 14.0. The highest BCUT2D eigenvalue weighted by atomic mass is 19.1. The predicted molar refractivity (Wildman–Crippen MR) is 64.4 cm³/mol. The van der Waals surface area contributed by atoms with Gasteiger partial charge in [0.2, 0.25) is 0 Å². The second kappa shape index (κ2) is 6.00. The zero-order valence-electron chi connectivity index (χ0n) is 10.3. The summed E-state index contributed by atoms with van der Waals surface area (Å²) in [6, 6.07) is 3.39. The van der Waals surface area contributed by atoms with Gasteiger partial charge in [0.1, 0.15) is 5.82 Å². The summed E-state index contributed by atoms with van der Waals surface area (Å²) in [6.45, 7) is 1.92. The quantitative estimate of drug-likeness (QED) is 0.643. The van der Waals surface area contributed by atoms with Crippen LogP contribution < -0.4 is 5.73 Å². The lowest BCUT2D eigenvalue weighted by Gasteiger charge is -2.14. The van der Waals surface area contributed by atoms with Crippen molar-refractivity contribution in [1.29, 1.82) is 0 Å². The molecule has 18 heavy (non-hydrogen) atoms. The maximum Gasteiger partial charge on any atom is 0.340 e. The van der Waals surface area contributed by atoms with Gasteiger partial charge in [-0.25, -0.2) is 9.18 Å². The number of likely N-dealkylation sites (N-methyl/N-ethyl adjacent to an activating group) is 1. The lowest BCUT2D eigenvalue weighted by molar-refractivity contribution is -0.133. The van der Waals surface area contributed by atoms with E-state index in [2.05, 4.69) is 0 Å². The summed E-state index contributed by atoms with van der Waals surface area (Å²) >= 11 is 0. The zero-order valence-corrected chi connectivity index (χ0v) is 10.3. The molecule has 1 rings (SSSR count). The number of nitrogens with zero attached hydrogens (tertiary/aromatic N) is 1. The Morgan fingerprint density at radius 1 is 1.44 bits per heavy atom. The van der Waals surface area contributed by atoms with Crippen LogP contribution in [0.25, 0.3) is 0 Å². The maximum atomic E-state index is 13.0. The fourth-order valence-corrected chi connectivity index (χ4v) is 1.20. The number of anilines is 1. The second-order valence-corrected chi connectivity index (χ2v) is 3.72. The van der Waals surface area contributed by atoms with E-state index in [1.165, 1.54) is 11.0 Å². The van der Waals surface area contributed by atoms with Crippen molar-refractivity contribution < 1.29 is 18.7 Å². The van der Waals surface area contributed by atoms with Gasteiger partial charge in [-0.15, -0.1) is 0 Å². The van der Waals surface area contributed by atoms with Crippen LogP contribution in [-0.4, -0.2) is 37.0 Å². The third-order valence-electron chi connectivity index (χ3n) is 2.46. The largest absolute Gasteiger partial charge is 0.452 e. The molecule has 0 bridgehead atoms. The summed E-state index contributed by atoms with van der Waals surface area (Å²) in [7, 11) is 1.59. The van der Waals surface area contributed by atoms with E-state index in [-0.39, 0.29) is 23.8 Å². The molecule has 0 radical (unpaired) electrons. The minimum absolute atomic E-state index is 0.0815. The molecule has 0 aliphatic carbocycles. The average molecular weight is 254 g/mol. The highest BCUT2D eigenvalue weighted by molar-refractivity contribution is 5.96. The van der Waals surface area contributed by atoms with Crippen molar-refractivity contribution in [1.82, 2.24) is 4.90 Å².